The Hall–Kier alpha value is -3.27. The van der Waals surface area contributed by atoms with Crippen LogP contribution in [0.15, 0.2) is 85.1 Å². The van der Waals surface area contributed by atoms with Crippen molar-refractivity contribution in [2.24, 2.45) is 0 Å². The fourth-order valence-electron chi connectivity index (χ4n) is 10.6. The van der Waals surface area contributed by atoms with E-state index >= 15 is 0 Å². The van der Waals surface area contributed by atoms with Gasteiger partial charge in [-0.25, -0.2) is 9.13 Å². The van der Waals surface area contributed by atoms with Crippen molar-refractivity contribution in [1.29, 1.82) is 0 Å². The van der Waals surface area contributed by atoms with Gasteiger partial charge in [-0.3, -0.25) is 32.5 Å². The van der Waals surface area contributed by atoms with E-state index in [1.54, 1.807) is 0 Å². The summed E-state index contributed by atoms with van der Waals surface area (Å²) in [5.74, 6) is -1.59. The lowest BCUT2D eigenvalue weighted by atomic mass is 10.0. The van der Waals surface area contributed by atoms with Gasteiger partial charge >= 0.3 is 33.6 Å². The molecule has 5 atom stereocenters. The first kappa shape index (κ1) is 93.7. The number of phosphoric ester groups is 2. The molecule has 0 aliphatic carbocycles. The number of esters is 3. The van der Waals surface area contributed by atoms with Crippen molar-refractivity contribution in [2.75, 3.05) is 39.6 Å². The van der Waals surface area contributed by atoms with E-state index in [1.807, 2.05) is 0 Å². The number of phosphoric acid groups is 2. The molecule has 0 amide bonds. The molecule has 0 aliphatic heterocycles. The Labute approximate surface area is 591 Å². The molecule has 0 spiro atoms. The number of carbonyl (C=O) groups is 3. The summed E-state index contributed by atoms with van der Waals surface area (Å²) in [5.41, 5.74) is 0. The van der Waals surface area contributed by atoms with Gasteiger partial charge in [-0.05, 0) is 116 Å². The molecular weight excluding hydrogens is 1270 g/mol. The molecule has 0 aliphatic rings. The predicted molar refractivity (Wildman–Crippen MR) is 399 cm³/mol. The molecule has 0 rings (SSSR count). The van der Waals surface area contributed by atoms with Crippen LogP contribution in [0, 0.1) is 0 Å². The summed E-state index contributed by atoms with van der Waals surface area (Å²) in [6.07, 6.45) is 80.9. The highest BCUT2D eigenvalue weighted by molar-refractivity contribution is 7.47. The maximum absolute atomic E-state index is 12.9. The summed E-state index contributed by atoms with van der Waals surface area (Å²) in [7, 11) is -9.78. The van der Waals surface area contributed by atoms with E-state index in [0.29, 0.717) is 19.3 Å². The van der Waals surface area contributed by atoms with Crippen molar-refractivity contribution in [3.63, 3.8) is 0 Å². The second kappa shape index (κ2) is 72.5. The minimum absolute atomic E-state index is 0.0887. The Morgan fingerprint density at radius 3 is 0.887 bits per heavy atom. The van der Waals surface area contributed by atoms with Gasteiger partial charge in [0.2, 0.25) is 0 Å². The number of aliphatic hydroxyl groups is 2. The monoisotopic (exact) mass is 1410 g/mol. The molecule has 0 aromatic heterocycles. The van der Waals surface area contributed by atoms with E-state index in [0.717, 1.165) is 128 Å². The standard InChI is InChI=1S/C79H142O16P2/c1-4-7-10-13-16-19-22-25-27-28-29-30-31-32-33-34-35-36-37-38-39-40-41-42-43-44-46-49-50-53-56-59-62-65-77(82)89-68-74(80)69-91-96(85,86)92-70-75(81)71-93-97(87,88)94-73-76(95-79(84)67-64-61-58-55-52-47-24-21-18-15-12-9-6-3)72-90-78(83)66-63-60-57-54-51-48-45-26-23-20-17-14-11-8-5-2/h12,15-16,19,21,24-27,29-30,32-33,45,74-76,80-81H,4-11,13-14,17-18,20,22-23,28,31,34-44,46-73H2,1-3H3,(H,85,86)(H,87,88)/b15-12-,19-16-,24-21-,27-25-,30-29-,33-32-,45-26-. The van der Waals surface area contributed by atoms with E-state index < -0.39 is 91.5 Å². The van der Waals surface area contributed by atoms with E-state index in [1.165, 1.54) is 154 Å². The van der Waals surface area contributed by atoms with Gasteiger partial charge < -0.3 is 34.2 Å². The van der Waals surface area contributed by atoms with Gasteiger partial charge in [-0.15, -0.1) is 0 Å². The Morgan fingerprint density at radius 1 is 0.289 bits per heavy atom. The minimum atomic E-state index is -4.93. The zero-order valence-corrected chi connectivity index (χ0v) is 63.3. The summed E-state index contributed by atoms with van der Waals surface area (Å²) in [6, 6.07) is 0. The van der Waals surface area contributed by atoms with Crippen molar-refractivity contribution in [1.82, 2.24) is 0 Å². The fraction of sp³-hybridized carbons (Fsp3) is 0.785. The lowest BCUT2D eigenvalue weighted by molar-refractivity contribution is -0.161. The first-order valence-corrected chi connectivity index (χ1v) is 41.9. The van der Waals surface area contributed by atoms with Crippen molar-refractivity contribution >= 4 is 33.6 Å². The van der Waals surface area contributed by atoms with Crippen molar-refractivity contribution in [3.05, 3.63) is 85.1 Å². The number of carbonyl (C=O) groups excluding carboxylic acids is 3. The van der Waals surface area contributed by atoms with Gasteiger partial charge in [0.15, 0.2) is 6.10 Å². The van der Waals surface area contributed by atoms with Crippen molar-refractivity contribution < 1.29 is 75.8 Å². The highest BCUT2D eigenvalue weighted by atomic mass is 31.2. The number of rotatable bonds is 74. The van der Waals surface area contributed by atoms with Crippen LogP contribution < -0.4 is 0 Å². The van der Waals surface area contributed by atoms with Crippen LogP contribution in [0.25, 0.3) is 0 Å². The Bertz CT molecular complexity index is 2110. The predicted octanol–water partition coefficient (Wildman–Crippen LogP) is 22.4. The van der Waals surface area contributed by atoms with Gasteiger partial charge in [-0.2, -0.15) is 0 Å². The van der Waals surface area contributed by atoms with Crippen LogP contribution in [0.3, 0.4) is 0 Å². The smallest absolute Gasteiger partial charge is 0.463 e. The minimum Gasteiger partial charge on any atom is -0.463 e. The Balaban J connectivity index is 4.35. The van der Waals surface area contributed by atoms with Crippen LogP contribution in [0.4, 0.5) is 0 Å². The van der Waals surface area contributed by atoms with E-state index in [2.05, 4.69) is 106 Å². The van der Waals surface area contributed by atoms with Gasteiger partial charge in [0.05, 0.1) is 26.4 Å². The zero-order valence-electron chi connectivity index (χ0n) is 61.5. The van der Waals surface area contributed by atoms with Crippen molar-refractivity contribution in [3.8, 4) is 0 Å². The molecule has 0 radical (unpaired) electrons. The first-order chi connectivity index (χ1) is 47.2. The van der Waals surface area contributed by atoms with E-state index in [9.17, 15) is 43.5 Å². The molecule has 0 saturated heterocycles. The van der Waals surface area contributed by atoms with Gasteiger partial charge in [-0.1, -0.05) is 292 Å². The molecule has 16 nitrogen and oxygen atoms in total. The maximum atomic E-state index is 12.9. The highest BCUT2D eigenvalue weighted by Crippen LogP contribution is 2.45. The average Bonchev–Trinajstić information content (AvgIpc) is 1.74. The SMILES string of the molecule is CCC/C=C\C/C=C\CCCCCCCC(=O)OC(COC(=O)CCCCCCC/C=C\CCCCCCCC)COP(=O)(O)OCC(O)COP(=O)(O)OCC(O)COC(=O)CCCCCCCCCCCCCCCCCCC/C=C\C/C=C\C/C=C\C/C=C\CCCCC. The second-order valence-corrected chi connectivity index (χ2v) is 29.1. The molecule has 4 N–H and O–H groups in total. The second-order valence-electron chi connectivity index (χ2n) is 26.2. The number of unbranched alkanes of at least 4 members (excludes halogenated alkanes) is 37. The van der Waals surface area contributed by atoms with Crippen LogP contribution in [0.5, 0.6) is 0 Å². The van der Waals surface area contributed by atoms with E-state index in [-0.39, 0.29) is 19.3 Å². The third-order valence-electron chi connectivity index (χ3n) is 16.5. The quantitative estimate of drug-likeness (QED) is 0.0146. The summed E-state index contributed by atoms with van der Waals surface area (Å²) in [4.78, 5) is 58.4. The zero-order chi connectivity index (χ0) is 70.9. The third-order valence-corrected chi connectivity index (χ3v) is 18.4. The normalized spacial score (nSPS) is 14.5. The molecule has 5 unspecified atom stereocenters. The molecule has 0 saturated carbocycles. The van der Waals surface area contributed by atoms with Crippen LogP contribution in [-0.2, 0) is 55.8 Å². The molecule has 0 aromatic rings. The molecule has 18 heteroatoms. The topological polar surface area (TPSA) is 231 Å². The molecule has 97 heavy (non-hydrogen) atoms. The highest BCUT2D eigenvalue weighted by Gasteiger charge is 2.29. The number of allylic oxidation sites excluding steroid dienone is 14. The number of hydrogen-bond acceptors (Lipinski definition) is 14. The largest absolute Gasteiger partial charge is 0.472 e. The summed E-state index contributed by atoms with van der Waals surface area (Å²) in [6.45, 7) is 2.58. The maximum Gasteiger partial charge on any atom is 0.472 e. The summed E-state index contributed by atoms with van der Waals surface area (Å²) in [5, 5.41) is 20.6. The number of hydrogen-bond donors (Lipinski definition) is 4. The van der Waals surface area contributed by atoms with Crippen LogP contribution in [0.2, 0.25) is 0 Å². The molecular formula is C79H142O16P2. The number of aliphatic hydroxyl groups excluding tert-OH is 2. The van der Waals surface area contributed by atoms with Crippen LogP contribution in [-0.4, -0.2) is 95.9 Å². The van der Waals surface area contributed by atoms with Crippen LogP contribution >= 0.6 is 15.6 Å². The summed E-state index contributed by atoms with van der Waals surface area (Å²) < 4.78 is 61.0. The van der Waals surface area contributed by atoms with Gasteiger partial charge in [0.1, 0.15) is 25.4 Å². The molecule has 0 bridgehead atoms. The number of ether oxygens (including phenoxy) is 3. The fourth-order valence-corrected chi connectivity index (χ4v) is 12.2. The average molecular weight is 1410 g/mol. The molecule has 564 valence electrons. The lowest BCUT2D eigenvalue weighted by Gasteiger charge is -2.21. The summed E-state index contributed by atoms with van der Waals surface area (Å²) >= 11 is 0. The van der Waals surface area contributed by atoms with E-state index in [4.69, 9.17) is 32.3 Å². The lowest BCUT2D eigenvalue weighted by Crippen LogP contribution is -2.30. The van der Waals surface area contributed by atoms with Crippen molar-refractivity contribution in [2.45, 2.75) is 360 Å². The molecule has 0 fully saturated rings. The third kappa shape index (κ3) is 73.8. The molecule has 0 heterocycles. The van der Waals surface area contributed by atoms with Gasteiger partial charge in [0, 0.05) is 19.3 Å². The first-order valence-electron chi connectivity index (χ1n) is 38.9. The Morgan fingerprint density at radius 2 is 0.536 bits per heavy atom. The molecule has 0 aromatic carbocycles. The Kier molecular flexibility index (Phi) is 70.1. The van der Waals surface area contributed by atoms with Gasteiger partial charge in [0.25, 0.3) is 0 Å². The van der Waals surface area contributed by atoms with Crippen LogP contribution in [0.1, 0.15) is 342 Å².